The van der Waals surface area contributed by atoms with Crippen LogP contribution in [-0.2, 0) is 0 Å². The van der Waals surface area contributed by atoms with E-state index in [1.165, 1.54) is 0 Å². The lowest BCUT2D eigenvalue weighted by Crippen LogP contribution is -2.43. The number of nitrogens with zero attached hydrogens (tertiary/aromatic N) is 4. The van der Waals surface area contributed by atoms with Crippen molar-refractivity contribution in [1.29, 1.82) is 0 Å². The standard InChI is InChI=1S/C21H24N6O/c1-14-7-8-19(27-10-4-9-24-27)16(11-14)21(28)26-18-6-3-5-17(18)25-20-13-22-15(2)12-23-20/h4,7-13,17-18H,3,5-6H2,1-2H3,(H,23,25)(H,26,28)/t17-,18-/m0/s1. The molecule has 7 nitrogen and oxygen atoms in total. The average molecular weight is 376 g/mol. The number of hydrogen-bond acceptors (Lipinski definition) is 5. The first-order chi connectivity index (χ1) is 13.6. The Kier molecular flexibility index (Phi) is 5.06. The molecule has 0 bridgehead atoms. The summed E-state index contributed by atoms with van der Waals surface area (Å²) in [6.45, 7) is 3.90. The van der Waals surface area contributed by atoms with E-state index in [4.69, 9.17) is 0 Å². The van der Waals surface area contributed by atoms with Crippen molar-refractivity contribution in [3.8, 4) is 5.69 Å². The molecule has 0 radical (unpaired) electrons. The Labute approximate surface area is 164 Å². The highest BCUT2D eigenvalue weighted by molar-refractivity contribution is 5.98. The maximum absolute atomic E-state index is 13.1. The Balaban J connectivity index is 1.51. The van der Waals surface area contributed by atoms with Crippen LogP contribution in [0.15, 0.2) is 49.1 Å². The molecule has 1 aliphatic carbocycles. The summed E-state index contributed by atoms with van der Waals surface area (Å²) in [5.41, 5.74) is 3.33. The summed E-state index contributed by atoms with van der Waals surface area (Å²) in [5.74, 6) is 0.660. The summed E-state index contributed by atoms with van der Waals surface area (Å²) in [6, 6.07) is 7.87. The Morgan fingerprint density at radius 1 is 1.14 bits per heavy atom. The van der Waals surface area contributed by atoms with Gasteiger partial charge < -0.3 is 10.6 Å². The number of anilines is 1. The Bertz CT molecular complexity index is 952. The fourth-order valence-electron chi connectivity index (χ4n) is 3.65. The van der Waals surface area contributed by atoms with Gasteiger partial charge in [0.2, 0.25) is 0 Å². The minimum atomic E-state index is -0.0807. The van der Waals surface area contributed by atoms with Crippen LogP contribution in [-0.4, -0.2) is 37.7 Å². The first-order valence-corrected chi connectivity index (χ1v) is 9.57. The van der Waals surface area contributed by atoms with Crippen LogP contribution in [0.2, 0.25) is 0 Å². The van der Waals surface area contributed by atoms with Gasteiger partial charge in [0.05, 0.1) is 29.3 Å². The molecule has 2 aromatic heterocycles. The lowest BCUT2D eigenvalue weighted by atomic mass is 10.1. The van der Waals surface area contributed by atoms with E-state index in [0.29, 0.717) is 5.56 Å². The molecule has 7 heteroatoms. The van der Waals surface area contributed by atoms with Gasteiger partial charge in [0, 0.05) is 24.5 Å². The summed E-state index contributed by atoms with van der Waals surface area (Å²) in [4.78, 5) is 21.8. The van der Waals surface area contributed by atoms with Crippen LogP contribution in [0, 0.1) is 13.8 Å². The predicted octanol–water partition coefficient (Wildman–Crippen LogP) is 3.04. The van der Waals surface area contributed by atoms with Crippen LogP contribution in [0.25, 0.3) is 5.69 Å². The van der Waals surface area contributed by atoms with Crippen LogP contribution in [0.5, 0.6) is 0 Å². The molecule has 3 aromatic rings. The van der Waals surface area contributed by atoms with E-state index in [2.05, 4.69) is 25.7 Å². The molecule has 0 spiro atoms. The number of amides is 1. The van der Waals surface area contributed by atoms with Crippen molar-refractivity contribution in [1.82, 2.24) is 25.1 Å². The molecule has 0 saturated heterocycles. The van der Waals surface area contributed by atoms with Gasteiger partial charge in [0.25, 0.3) is 5.91 Å². The van der Waals surface area contributed by atoms with Crippen LogP contribution in [0.4, 0.5) is 5.82 Å². The number of benzene rings is 1. The second-order valence-corrected chi connectivity index (χ2v) is 7.28. The van der Waals surface area contributed by atoms with Gasteiger partial charge in [-0.1, -0.05) is 11.6 Å². The van der Waals surface area contributed by atoms with Crippen LogP contribution in [0.3, 0.4) is 0 Å². The molecule has 1 aliphatic rings. The van der Waals surface area contributed by atoms with Crippen molar-refractivity contribution in [2.45, 2.75) is 45.2 Å². The predicted molar refractivity (Wildman–Crippen MR) is 108 cm³/mol. The van der Waals surface area contributed by atoms with E-state index in [0.717, 1.165) is 42.0 Å². The zero-order valence-electron chi connectivity index (χ0n) is 16.1. The molecule has 28 heavy (non-hydrogen) atoms. The van der Waals surface area contributed by atoms with Crippen molar-refractivity contribution in [2.24, 2.45) is 0 Å². The molecule has 144 valence electrons. The number of carbonyl (C=O) groups excluding carboxylic acids is 1. The fourth-order valence-corrected chi connectivity index (χ4v) is 3.65. The van der Waals surface area contributed by atoms with Crippen LogP contribution in [0.1, 0.15) is 40.9 Å². The highest BCUT2D eigenvalue weighted by Gasteiger charge is 2.29. The van der Waals surface area contributed by atoms with Crippen molar-refractivity contribution in [3.05, 3.63) is 65.9 Å². The van der Waals surface area contributed by atoms with Crippen molar-refractivity contribution in [2.75, 3.05) is 5.32 Å². The fraction of sp³-hybridized carbons (Fsp3) is 0.333. The molecule has 1 amide bonds. The van der Waals surface area contributed by atoms with Gasteiger partial charge in [-0.05, 0) is 51.3 Å². The smallest absolute Gasteiger partial charge is 0.253 e. The van der Waals surface area contributed by atoms with Crippen LogP contribution < -0.4 is 10.6 Å². The molecule has 4 rings (SSSR count). The number of nitrogens with one attached hydrogen (secondary N) is 2. The molecule has 0 unspecified atom stereocenters. The summed E-state index contributed by atoms with van der Waals surface area (Å²) in [7, 11) is 0. The third kappa shape index (κ3) is 3.88. The second-order valence-electron chi connectivity index (χ2n) is 7.28. The van der Waals surface area contributed by atoms with Crippen molar-refractivity contribution >= 4 is 11.7 Å². The summed E-state index contributed by atoms with van der Waals surface area (Å²) in [5, 5.41) is 10.9. The first-order valence-electron chi connectivity index (χ1n) is 9.57. The largest absolute Gasteiger partial charge is 0.364 e. The average Bonchev–Trinajstić information content (AvgIpc) is 3.36. The van der Waals surface area contributed by atoms with E-state index >= 15 is 0 Å². The van der Waals surface area contributed by atoms with Gasteiger partial charge >= 0.3 is 0 Å². The molecule has 2 heterocycles. The Morgan fingerprint density at radius 3 is 2.75 bits per heavy atom. The molecular formula is C21H24N6O. The topological polar surface area (TPSA) is 84.7 Å². The lowest BCUT2D eigenvalue weighted by Gasteiger charge is -2.23. The number of carbonyl (C=O) groups is 1. The summed E-state index contributed by atoms with van der Waals surface area (Å²) >= 11 is 0. The molecule has 1 aromatic carbocycles. The quantitative estimate of drug-likeness (QED) is 0.715. The molecular weight excluding hydrogens is 352 g/mol. The number of hydrogen-bond donors (Lipinski definition) is 2. The Hall–Kier alpha value is -3.22. The monoisotopic (exact) mass is 376 g/mol. The van der Waals surface area contributed by atoms with E-state index in [1.54, 1.807) is 23.3 Å². The number of aryl methyl sites for hydroxylation is 2. The zero-order valence-corrected chi connectivity index (χ0v) is 16.1. The SMILES string of the molecule is Cc1ccc(-n2cccn2)c(C(=O)N[C@H]2CCC[C@@H]2Nc2cnc(C)cn2)c1. The van der Waals surface area contributed by atoms with Gasteiger partial charge in [-0.25, -0.2) is 9.67 Å². The maximum Gasteiger partial charge on any atom is 0.253 e. The summed E-state index contributed by atoms with van der Waals surface area (Å²) < 4.78 is 1.72. The zero-order chi connectivity index (χ0) is 19.5. The molecule has 2 atom stereocenters. The minimum Gasteiger partial charge on any atom is -0.364 e. The maximum atomic E-state index is 13.1. The first kappa shape index (κ1) is 18.2. The molecule has 1 fully saturated rings. The normalized spacial score (nSPS) is 18.8. The van der Waals surface area contributed by atoms with Gasteiger partial charge in [-0.3, -0.25) is 9.78 Å². The van der Waals surface area contributed by atoms with Crippen molar-refractivity contribution in [3.63, 3.8) is 0 Å². The van der Waals surface area contributed by atoms with Gasteiger partial charge in [0.15, 0.2) is 0 Å². The summed E-state index contributed by atoms with van der Waals surface area (Å²) in [6.07, 6.45) is 10.0. The van der Waals surface area contributed by atoms with E-state index in [1.807, 2.05) is 44.3 Å². The Morgan fingerprint density at radius 2 is 2.00 bits per heavy atom. The molecule has 1 saturated carbocycles. The highest BCUT2D eigenvalue weighted by Crippen LogP contribution is 2.24. The van der Waals surface area contributed by atoms with Crippen molar-refractivity contribution < 1.29 is 4.79 Å². The third-order valence-electron chi connectivity index (χ3n) is 5.09. The van der Waals surface area contributed by atoms with Gasteiger partial charge in [-0.2, -0.15) is 5.10 Å². The van der Waals surface area contributed by atoms with Gasteiger partial charge in [0.1, 0.15) is 5.82 Å². The second kappa shape index (κ2) is 7.80. The minimum absolute atomic E-state index is 0.0431. The van der Waals surface area contributed by atoms with E-state index in [-0.39, 0.29) is 18.0 Å². The highest BCUT2D eigenvalue weighted by atomic mass is 16.1. The molecule has 2 N–H and O–H groups in total. The van der Waals surface area contributed by atoms with E-state index < -0.39 is 0 Å². The van der Waals surface area contributed by atoms with Gasteiger partial charge in [-0.15, -0.1) is 0 Å². The third-order valence-corrected chi connectivity index (χ3v) is 5.09. The number of aromatic nitrogens is 4. The lowest BCUT2D eigenvalue weighted by molar-refractivity contribution is 0.0935. The van der Waals surface area contributed by atoms with E-state index in [9.17, 15) is 4.79 Å². The molecule has 0 aliphatic heterocycles. The number of rotatable bonds is 5. The van der Waals surface area contributed by atoms with Crippen LogP contribution >= 0.6 is 0 Å².